The molecule has 2 heteroatoms. The first-order valence-corrected chi connectivity index (χ1v) is 7.28. The van der Waals surface area contributed by atoms with Gasteiger partial charge >= 0.3 is 0 Å². The minimum absolute atomic E-state index is 0.175. The van der Waals surface area contributed by atoms with E-state index < -0.39 is 0 Å². The molecule has 0 radical (unpaired) electrons. The van der Waals surface area contributed by atoms with Gasteiger partial charge in [-0.1, -0.05) is 48.0 Å². The average molecular weight is 282 g/mol. The number of benzene rings is 2. The number of allylic oxidation sites excluding steroid dienone is 1. The molecule has 0 aliphatic carbocycles. The molecule has 0 unspecified atom stereocenters. The van der Waals surface area contributed by atoms with Gasteiger partial charge in [-0.25, -0.2) is 0 Å². The highest BCUT2D eigenvalue weighted by Gasteiger charge is 2.00. The van der Waals surface area contributed by atoms with Gasteiger partial charge in [-0.3, -0.25) is 0 Å². The number of rotatable bonds is 6. The van der Waals surface area contributed by atoms with Crippen LogP contribution < -0.4 is 4.74 Å². The molecule has 0 heterocycles. The fourth-order valence-electron chi connectivity index (χ4n) is 2.20. The number of aryl methyl sites for hydroxylation is 2. The first kappa shape index (κ1) is 15.2. The Morgan fingerprint density at radius 1 is 1.10 bits per heavy atom. The zero-order valence-corrected chi connectivity index (χ0v) is 12.7. The number of ether oxygens (including phenoxy) is 1. The van der Waals surface area contributed by atoms with Crippen LogP contribution in [-0.2, 0) is 6.42 Å². The zero-order valence-electron chi connectivity index (χ0n) is 12.7. The molecule has 0 aromatic heterocycles. The van der Waals surface area contributed by atoms with Crippen LogP contribution in [0, 0.1) is 6.92 Å². The zero-order chi connectivity index (χ0) is 15.1. The van der Waals surface area contributed by atoms with Gasteiger partial charge in [0.15, 0.2) is 11.5 Å². The number of phenolic OH excluding ortho intramolecular Hbond substituents is 1. The van der Waals surface area contributed by atoms with Gasteiger partial charge in [0.25, 0.3) is 0 Å². The molecule has 21 heavy (non-hydrogen) atoms. The van der Waals surface area contributed by atoms with E-state index in [1.807, 2.05) is 12.1 Å². The third-order valence-corrected chi connectivity index (χ3v) is 3.47. The number of hydrogen-bond acceptors (Lipinski definition) is 2. The number of aromatic hydroxyl groups is 1. The summed E-state index contributed by atoms with van der Waals surface area (Å²) < 4.78 is 5.10. The number of hydrogen-bond donors (Lipinski definition) is 1. The van der Waals surface area contributed by atoms with Crippen molar-refractivity contribution in [2.75, 3.05) is 7.11 Å². The molecule has 0 saturated carbocycles. The van der Waals surface area contributed by atoms with E-state index in [0.29, 0.717) is 5.75 Å². The minimum Gasteiger partial charge on any atom is -0.504 e. The lowest BCUT2D eigenvalue weighted by Gasteiger charge is -2.03. The van der Waals surface area contributed by atoms with Crippen molar-refractivity contribution in [3.8, 4) is 11.5 Å². The largest absolute Gasteiger partial charge is 0.504 e. The van der Waals surface area contributed by atoms with E-state index >= 15 is 0 Å². The molecule has 0 fully saturated rings. The lowest BCUT2D eigenvalue weighted by Crippen LogP contribution is -1.85. The summed E-state index contributed by atoms with van der Waals surface area (Å²) in [4.78, 5) is 0. The van der Waals surface area contributed by atoms with Gasteiger partial charge in [0, 0.05) is 0 Å². The van der Waals surface area contributed by atoms with Crippen molar-refractivity contribution in [3.05, 3.63) is 65.2 Å². The Hall–Kier alpha value is -2.22. The first-order valence-electron chi connectivity index (χ1n) is 7.28. The summed E-state index contributed by atoms with van der Waals surface area (Å²) in [5.41, 5.74) is 3.74. The SMILES string of the molecule is COc1cc(/C=C/CCCc2ccc(C)cc2)ccc1O. The predicted molar refractivity (Wildman–Crippen MR) is 87.8 cm³/mol. The highest BCUT2D eigenvalue weighted by Crippen LogP contribution is 2.26. The van der Waals surface area contributed by atoms with Crippen molar-refractivity contribution in [1.29, 1.82) is 0 Å². The Bertz CT molecular complexity index is 597. The van der Waals surface area contributed by atoms with E-state index in [4.69, 9.17) is 4.74 Å². The van der Waals surface area contributed by atoms with Gasteiger partial charge in [0.1, 0.15) is 0 Å². The van der Waals surface area contributed by atoms with Gasteiger partial charge in [-0.2, -0.15) is 0 Å². The van der Waals surface area contributed by atoms with Crippen LogP contribution in [0.3, 0.4) is 0 Å². The second-order valence-corrected chi connectivity index (χ2v) is 5.21. The van der Waals surface area contributed by atoms with Crippen LogP contribution in [0.5, 0.6) is 11.5 Å². The molecule has 0 aliphatic rings. The Morgan fingerprint density at radius 2 is 1.86 bits per heavy atom. The Morgan fingerprint density at radius 3 is 2.57 bits per heavy atom. The van der Waals surface area contributed by atoms with Crippen molar-refractivity contribution in [2.45, 2.75) is 26.2 Å². The second kappa shape index (κ2) is 7.53. The Kier molecular flexibility index (Phi) is 5.44. The molecule has 2 aromatic rings. The van der Waals surface area contributed by atoms with Gasteiger partial charge in [0.05, 0.1) is 7.11 Å². The lowest BCUT2D eigenvalue weighted by molar-refractivity contribution is 0.373. The van der Waals surface area contributed by atoms with Crippen molar-refractivity contribution in [3.63, 3.8) is 0 Å². The van der Waals surface area contributed by atoms with Crippen LogP contribution in [0.2, 0.25) is 0 Å². The van der Waals surface area contributed by atoms with Gasteiger partial charge < -0.3 is 9.84 Å². The highest BCUT2D eigenvalue weighted by molar-refractivity contribution is 5.55. The second-order valence-electron chi connectivity index (χ2n) is 5.21. The third kappa shape index (κ3) is 4.67. The molecule has 1 N–H and O–H groups in total. The maximum absolute atomic E-state index is 9.54. The van der Waals surface area contributed by atoms with Crippen LogP contribution in [0.1, 0.15) is 29.5 Å². The normalized spacial score (nSPS) is 11.0. The summed E-state index contributed by atoms with van der Waals surface area (Å²) in [6.07, 6.45) is 7.51. The summed E-state index contributed by atoms with van der Waals surface area (Å²) in [6, 6.07) is 14.1. The molecule has 0 spiro atoms. The fourth-order valence-corrected chi connectivity index (χ4v) is 2.20. The summed E-state index contributed by atoms with van der Waals surface area (Å²) >= 11 is 0. The van der Waals surface area contributed by atoms with Crippen LogP contribution >= 0.6 is 0 Å². The molecule has 2 aromatic carbocycles. The molecular formula is C19H22O2. The van der Waals surface area contributed by atoms with Crippen LogP contribution in [0.25, 0.3) is 6.08 Å². The highest BCUT2D eigenvalue weighted by atomic mass is 16.5. The van der Waals surface area contributed by atoms with Crippen molar-refractivity contribution >= 4 is 6.08 Å². The maximum Gasteiger partial charge on any atom is 0.161 e. The van der Waals surface area contributed by atoms with Gasteiger partial charge in [-0.15, -0.1) is 0 Å². The van der Waals surface area contributed by atoms with Gasteiger partial charge in [0.2, 0.25) is 0 Å². The topological polar surface area (TPSA) is 29.5 Å². The molecule has 0 atom stereocenters. The predicted octanol–water partition coefficient (Wildman–Crippen LogP) is 4.75. The molecule has 0 amide bonds. The van der Waals surface area contributed by atoms with E-state index in [0.717, 1.165) is 24.8 Å². The standard InChI is InChI=1S/C19H22O2/c1-15-8-10-16(11-9-15)6-4-3-5-7-17-12-13-18(20)19(14-17)21-2/h5,7-14,20H,3-4,6H2,1-2H3/b7-5+. The average Bonchev–Trinajstić information content (AvgIpc) is 2.50. The van der Waals surface area contributed by atoms with Crippen molar-refractivity contribution in [1.82, 2.24) is 0 Å². The fraction of sp³-hybridized carbons (Fsp3) is 0.263. The van der Waals surface area contributed by atoms with Crippen LogP contribution in [-0.4, -0.2) is 12.2 Å². The van der Waals surface area contributed by atoms with E-state index in [2.05, 4.69) is 43.3 Å². The summed E-state index contributed by atoms with van der Waals surface area (Å²) in [5.74, 6) is 0.686. The number of methoxy groups -OCH3 is 1. The molecule has 0 bridgehead atoms. The molecule has 110 valence electrons. The Labute approximate surface area is 126 Å². The number of phenols is 1. The maximum atomic E-state index is 9.54. The third-order valence-electron chi connectivity index (χ3n) is 3.47. The van der Waals surface area contributed by atoms with Crippen molar-refractivity contribution in [2.24, 2.45) is 0 Å². The van der Waals surface area contributed by atoms with E-state index in [1.165, 1.54) is 11.1 Å². The molecule has 2 nitrogen and oxygen atoms in total. The summed E-state index contributed by atoms with van der Waals surface area (Å²) in [6.45, 7) is 2.11. The van der Waals surface area contributed by atoms with E-state index in [-0.39, 0.29) is 5.75 Å². The molecule has 2 rings (SSSR count). The van der Waals surface area contributed by atoms with Crippen molar-refractivity contribution < 1.29 is 9.84 Å². The van der Waals surface area contributed by atoms with Crippen LogP contribution in [0.15, 0.2) is 48.5 Å². The molecular weight excluding hydrogens is 260 g/mol. The number of unbranched alkanes of at least 4 members (excludes halogenated alkanes) is 1. The minimum atomic E-state index is 0.175. The molecule has 0 saturated heterocycles. The monoisotopic (exact) mass is 282 g/mol. The molecule has 0 aliphatic heterocycles. The van der Waals surface area contributed by atoms with Crippen LogP contribution in [0.4, 0.5) is 0 Å². The van der Waals surface area contributed by atoms with Gasteiger partial charge in [-0.05, 0) is 49.4 Å². The summed E-state index contributed by atoms with van der Waals surface area (Å²) in [7, 11) is 1.56. The quantitative estimate of drug-likeness (QED) is 0.775. The lowest BCUT2D eigenvalue weighted by atomic mass is 10.1. The van der Waals surface area contributed by atoms with E-state index in [9.17, 15) is 5.11 Å². The first-order chi connectivity index (χ1) is 10.2. The van der Waals surface area contributed by atoms with E-state index in [1.54, 1.807) is 13.2 Å². The smallest absolute Gasteiger partial charge is 0.161 e. The Balaban J connectivity index is 1.81. The summed E-state index contributed by atoms with van der Waals surface area (Å²) in [5, 5.41) is 9.54.